The smallest absolute Gasteiger partial charge is 0.233 e. The Bertz CT molecular complexity index is 1030. The van der Waals surface area contributed by atoms with Gasteiger partial charge in [0.1, 0.15) is 0 Å². The number of piperazine rings is 1. The molecule has 2 aliphatic heterocycles. The van der Waals surface area contributed by atoms with Crippen LogP contribution in [-0.4, -0.2) is 83.2 Å². The van der Waals surface area contributed by atoms with Crippen LogP contribution in [0.15, 0.2) is 35.7 Å². The van der Waals surface area contributed by atoms with Crippen LogP contribution in [0.25, 0.3) is 5.69 Å². The van der Waals surface area contributed by atoms with E-state index in [4.69, 9.17) is 0 Å². The zero-order valence-electron chi connectivity index (χ0n) is 17.5. The Morgan fingerprint density at radius 1 is 1.20 bits per heavy atom. The van der Waals surface area contributed by atoms with E-state index in [1.54, 1.807) is 6.20 Å². The van der Waals surface area contributed by atoms with E-state index in [1.165, 1.54) is 22.9 Å². The third kappa shape index (κ3) is 4.58. The molecule has 162 valence electrons. The zero-order chi connectivity index (χ0) is 21.3. The van der Waals surface area contributed by atoms with Gasteiger partial charge in [0.05, 0.1) is 22.9 Å². The Hall–Kier alpha value is -1.84. The average molecular weight is 449 g/mol. The number of nitrogens with zero attached hydrogens (tertiary/aromatic N) is 4. The molecule has 7 nitrogen and oxygen atoms in total. The molecule has 9 heteroatoms. The molecule has 1 amide bonds. The molecule has 30 heavy (non-hydrogen) atoms. The van der Waals surface area contributed by atoms with Crippen molar-refractivity contribution in [2.45, 2.75) is 31.5 Å². The second-order valence-electron chi connectivity index (χ2n) is 8.06. The minimum atomic E-state index is -2.88. The lowest BCUT2D eigenvalue weighted by Gasteiger charge is -2.37. The van der Waals surface area contributed by atoms with E-state index in [-0.39, 0.29) is 17.7 Å². The number of benzene rings is 1. The fraction of sp³-hybridized carbons (Fsp3) is 0.524. The van der Waals surface area contributed by atoms with E-state index < -0.39 is 9.84 Å². The molecule has 1 aromatic heterocycles. The summed E-state index contributed by atoms with van der Waals surface area (Å²) in [6.45, 7) is 6.98. The van der Waals surface area contributed by atoms with Gasteiger partial charge in [0.15, 0.2) is 15.0 Å². The first-order chi connectivity index (χ1) is 14.3. The lowest BCUT2D eigenvalue weighted by Crippen LogP contribution is -2.52. The van der Waals surface area contributed by atoms with Gasteiger partial charge >= 0.3 is 0 Å². The van der Waals surface area contributed by atoms with E-state index in [0.717, 1.165) is 23.9 Å². The number of imidazole rings is 1. The third-order valence-corrected chi connectivity index (χ3v) is 8.86. The normalized spacial score (nSPS) is 21.8. The molecule has 2 aliphatic rings. The largest absolute Gasteiger partial charge is 0.339 e. The van der Waals surface area contributed by atoms with Crippen LogP contribution in [0.5, 0.6) is 0 Å². The van der Waals surface area contributed by atoms with E-state index >= 15 is 0 Å². The van der Waals surface area contributed by atoms with Gasteiger partial charge < -0.3 is 4.90 Å². The highest BCUT2D eigenvalue weighted by Gasteiger charge is 2.34. The summed E-state index contributed by atoms with van der Waals surface area (Å²) in [6.07, 6.45) is 4.42. The van der Waals surface area contributed by atoms with Crippen molar-refractivity contribution in [2.24, 2.45) is 0 Å². The summed E-state index contributed by atoms with van der Waals surface area (Å²) in [7, 11) is -2.88. The van der Waals surface area contributed by atoms with Gasteiger partial charge in [0, 0.05) is 44.6 Å². The summed E-state index contributed by atoms with van der Waals surface area (Å²) < 4.78 is 25.5. The summed E-state index contributed by atoms with van der Waals surface area (Å²) in [5.74, 6) is 1.01. The van der Waals surface area contributed by atoms with Crippen LogP contribution in [-0.2, 0) is 14.6 Å². The fourth-order valence-electron chi connectivity index (χ4n) is 4.19. The fourth-order valence-corrected chi connectivity index (χ4v) is 6.82. The third-order valence-electron chi connectivity index (χ3n) is 6.16. The van der Waals surface area contributed by atoms with Crippen LogP contribution < -0.4 is 0 Å². The number of thioether (sulfide) groups is 1. The van der Waals surface area contributed by atoms with Crippen LogP contribution in [0.2, 0.25) is 0 Å². The summed E-state index contributed by atoms with van der Waals surface area (Å²) in [6, 6.07) is 6.31. The lowest BCUT2D eigenvalue weighted by molar-refractivity contribution is -0.130. The van der Waals surface area contributed by atoms with Crippen LogP contribution in [0, 0.1) is 13.8 Å². The molecule has 2 fully saturated rings. The number of sulfone groups is 1. The highest BCUT2D eigenvalue weighted by molar-refractivity contribution is 7.99. The predicted octanol–water partition coefficient (Wildman–Crippen LogP) is 1.91. The van der Waals surface area contributed by atoms with Crippen molar-refractivity contribution in [1.82, 2.24) is 19.4 Å². The number of aromatic nitrogens is 2. The number of hydrogen-bond acceptors (Lipinski definition) is 6. The summed E-state index contributed by atoms with van der Waals surface area (Å²) in [5.41, 5.74) is 3.51. The lowest BCUT2D eigenvalue weighted by atomic mass is 10.1. The molecular formula is C21H28N4O3S2. The maximum absolute atomic E-state index is 12.7. The first-order valence-electron chi connectivity index (χ1n) is 10.3. The molecule has 0 aliphatic carbocycles. The second kappa shape index (κ2) is 8.72. The quantitative estimate of drug-likeness (QED) is 0.651. The molecule has 2 saturated heterocycles. The molecule has 1 unspecified atom stereocenters. The molecule has 2 aromatic rings. The van der Waals surface area contributed by atoms with Crippen LogP contribution in [0.3, 0.4) is 0 Å². The summed E-state index contributed by atoms with van der Waals surface area (Å²) in [4.78, 5) is 21.3. The van der Waals surface area contributed by atoms with E-state index in [2.05, 4.69) is 35.9 Å². The van der Waals surface area contributed by atoms with Crippen LogP contribution >= 0.6 is 11.8 Å². The first-order valence-corrected chi connectivity index (χ1v) is 13.1. The second-order valence-corrected chi connectivity index (χ2v) is 11.2. The van der Waals surface area contributed by atoms with Crippen molar-refractivity contribution in [3.63, 3.8) is 0 Å². The number of hydrogen-bond donors (Lipinski definition) is 0. The Balaban J connectivity index is 1.32. The molecule has 0 radical (unpaired) electrons. The van der Waals surface area contributed by atoms with Crippen molar-refractivity contribution < 1.29 is 13.2 Å². The van der Waals surface area contributed by atoms with Gasteiger partial charge in [0.2, 0.25) is 5.91 Å². The van der Waals surface area contributed by atoms with Gasteiger partial charge in [-0.15, -0.1) is 0 Å². The summed E-state index contributed by atoms with van der Waals surface area (Å²) in [5, 5.41) is 0.812. The van der Waals surface area contributed by atoms with E-state index in [9.17, 15) is 13.2 Å². The van der Waals surface area contributed by atoms with Crippen molar-refractivity contribution in [2.75, 3.05) is 43.4 Å². The number of carbonyl (C=O) groups excluding carboxylic acids is 1. The van der Waals surface area contributed by atoms with Gasteiger partial charge in [-0.25, -0.2) is 13.4 Å². The average Bonchev–Trinajstić information content (AvgIpc) is 3.34. The van der Waals surface area contributed by atoms with Crippen LogP contribution in [0.4, 0.5) is 0 Å². The highest BCUT2D eigenvalue weighted by atomic mass is 32.2. The van der Waals surface area contributed by atoms with Crippen molar-refractivity contribution in [3.8, 4) is 5.69 Å². The molecule has 1 aromatic carbocycles. The SMILES string of the molecule is Cc1cccc(-n2ccnc2SCC(=O)N2CCN(C3CCS(=O)(=O)C3)CC2)c1C. The van der Waals surface area contributed by atoms with Crippen LogP contribution in [0.1, 0.15) is 17.5 Å². The molecule has 4 rings (SSSR count). The molecule has 0 saturated carbocycles. The predicted molar refractivity (Wildman–Crippen MR) is 119 cm³/mol. The van der Waals surface area contributed by atoms with E-state index in [1.807, 2.05) is 21.7 Å². The number of rotatable bonds is 5. The Kier molecular flexibility index (Phi) is 6.22. The van der Waals surface area contributed by atoms with E-state index in [0.29, 0.717) is 31.0 Å². The Morgan fingerprint density at radius 3 is 2.67 bits per heavy atom. The molecular weight excluding hydrogens is 420 g/mol. The Labute approximate surface area is 182 Å². The number of aryl methyl sites for hydroxylation is 1. The van der Waals surface area contributed by atoms with Crippen molar-refractivity contribution >= 4 is 27.5 Å². The summed E-state index contributed by atoms with van der Waals surface area (Å²) >= 11 is 1.46. The molecule has 3 heterocycles. The molecule has 0 spiro atoms. The van der Waals surface area contributed by atoms with Gasteiger partial charge in [0.25, 0.3) is 0 Å². The monoisotopic (exact) mass is 448 g/mol. The standard InChI is InChI=1S/C21H28N4O3S2/c1-16-4-3-5-19(17(16)2)25-8-7-22-21(25)29-14-20(26)24-11-9-23(10-12-24)18-6-13-30(27,28)15-18/h3-5,7-8,18H,6,9-15H2,1-2H3. The first kappa shape index (κ1) is 21.4. The molecule has 0 N–H and O–H groups in total. The molecule has 0 bridgehead atoms. The maximum Gasteiger partial charge on any atom is 0.233 e. The van der Waals surface area contributed by atoms with Gasteiger partial charge in [-0.2, -0.15) is 0 Å². The highest BCUT2D eigenvalue weighted by Crippen LogP contribution is 2.25. The minimum Gasteiger partial charge on any atom is -0.339 e. The maximum atomic E-state index is 12.7. The number of carbonyl (C=O) groups is 1. The Morgan fingerprint density at radius 2 is 1.97 bits per heavy atom. The minimum absolute atomic E-state index is 0.106. The topological polar surface area (TPSA) is 75.5 Å². The van der Waals surface area contributed by atoms with Gasteiger partial charge in [-0.05, 0) is 37.5 Å². The molecule has 1 atom stereocenters. The van der Waals surface area contributed by atoms with Gasteiger partial charge in [-0.3, -0.25) is 14.3 Å². The van der Waals surface area contributed by atoms with Crippen molar-refractivity contribution in [1.29, 1.82) is 0 Å². The van der Waals surface area contributed by atoms with Gasteiger partial charge in [-0.1, -0.05) is 23.9 Å². The zero-order valence-corrected chi connectivity index (χ0v) is 19.1. The van der Waals surface area contributed by atoms with Crippen molar-refractivity contribution in [3.05, 3.63) is 41.7 Å². The number of amides is 1.